The zero-order valence-electron chi connectivity index (χ0n) is 16.3. The molecule has 160 valence electrons. The van der Waals surface area contributed by atoms with E-state index in [1.165, 1.54) is 12.1 Å². The van der Waals surface area contributed by atoms with E-state index in [-0.39, 0.29) is 29.8 Å². The second kappa shape index (κ2) is 10.7. The molecule has 2 amide bonds. The highest BCUT2D eigenvalue weighted by atomic mass is 35.5. The Kier molecular flexibility index (Phi) is 7.80. The van der Waals surface area contributed by atoms with Crippen LogP contribution in [0.4, 0.5) is 10.1 Å². The van der Waals surface area contributed by atoms with Gasteiger partial charge in [-0.15, -0.1) is 16.8 Å². The second-order valence-electron chi connectivity index (χ2n) is 6.30. The first kappa shape index (κ1) is 22.5. The number of amides is 2. The maximum atomic E-state index is 13.7. The molecule has 0 bridgehead atoms. The molecule has 0 aliphatic rings. The Morgan fingerprint density at radius 1 is 1.16 bits per heavy atom. The predicted molar refractivity (Wildman–Crippen MR) is 119 cm³/mol. The Morgan fingerprint density at radius 3 is 2.61 bits per heavy atom. The van der Waals surface area contributed by atoms with Crippen LogP contribution in [0.25, 0.3) is 0 Å². The van der Waals surface area contributed by atoms with Crippen molar-refractivity contribution in [2.24, 2.45) is 0 Å². The van der Waals surface area contributed by atoms with Gasteiger partial charge in [-0.1, -0.05) is 41.6 Å². The van der Waals surface area contributed by atoms with Crippen molar-refractivity contribution in [1.29, 1.82) is 0 Å². The highest BCUT2D eigenvalue weighted by Gasteiger charge is 2.15. The summed E-state index contributed by atoms with van der Waals surface area (Å²) in [6.07, 6.45) is 1.66. The standard InChI is InChI=1S/C21H19ClFN5O2S/c1-2-11-28-18(12-24-20(30)14-7-9-15(22)10-8-14)26-27-21(28)31-13-19(29)25-17-6-4-3-5-16(17)23/h2-10H,1,11-13H2,(H,24,30)(H,25,29). The van der Waals surface area contributed by atoms with Crippen molar-refractivity contribution in [2.45, 2.75) is 18.2 Å². The van der Waals surface area contributed by atoms with Gasteiger partial charge < -0.3 is 15.2 Å². The molecule has 7 nitrogen and oxygen atoms in total. The summed E-state index contributed by atoms with van der Waals surface area (Å²) in [6.45, 7) is 4.27. The van der Waals surface area contributed by atoms with E-state index >= 15 is 0 Å². The lowest BCUT2D eigenvalue weighted by molar-refractivity contribution is -0.113. The molecule has 1 heterocycles. The van der Waals surface area contributed by atoms with Gasteiger partial charge in [-0.3, -0.25) is 9.59 Å². The lowest BCUT2D eigenvalue weighted by Gasteiger charge is -2.09. The normalized spacial score (nSPS) is 10.5. The number of para-hydroxylation sites is 1. The van der Waals surface area contributed by atoms with Crippen LogP contribution in [0.5, 0.6) is 0 Å². The lowest BCUT2D eigenvalue weighted by atomic mass is 10.2. The number of thioether (sulfide) groups is 1. The van der Waals surface area contributed by atoms with Gasteiger partial charge in [0.2, 0.25) is 5.91 Å². The molecule has 3 rings (SSSR count). The van der Waals surface area contributed by atoms with Crippen molar-refractivity contribution in [1.82, 2.24) is 20.1 Å². The molecule has 10 heteroatoms. The van der Waals surface area contributed by atoms with E-state index in [4.69, 9.17) is 11.6 Å². The first-order valence-electron chi connectivity index (χ1n) is 9.22. The first-order chi connectivity index (χ1) is 15.0. The molecule has 2 N–H and O–H groups in total. The Bertz CT molecular complexity index is 1090. The SMILES string of the molecule is C=CCn1c(CNC(=O)c2ccc(Cl)cc2)nnc1SCC(=O)Nc1ccccc1F. The molecular weight excluding hydrogens is 441 g/mol. The number of nitrogens with one attached hydrogen (secondary N) is 2. The van der Waals surface area contributed by atoms with Crippen LogP contribution in [0.1, 0.15) is 16.2 Å². The van der Waals surface area contributed by atoms with Crippen LogP contribution >= 0.6 is 23.4 Å². The number of rotatable bonds is 9. The Balaban J connectivity index is 1.61. The van der Waals surface area contributed by atoms with E-state index in [1.807, 2.05) is 0 Å². The van der Waals surface area contributed by atoms with Crippen LogP contribution in [0.2, 0.25) is 5.02 Å². The van der Waals surface area contributed by atoms with E-state index < -0.39 is 5.82 Å². The largest absolute Gasteiger partial charge is 0.345 e. The van der Waals surface area contributed by atoms with Crippen molar-refractivity contribution in [3.63, 3.8) is 0 Å². The van der Waals surface area contributed by atoms with Crippen molar-refractivity contribution in [3.05, 3.63) is 83.4 Å². The molecule has 0 unspecified atom stereocenters. The summed E-state index contributed by atoms with van der Waals surface area (Å²) < 4.78 is 15.4. The summed E-state index contributed by atoms with van der Waals surface area (Å²) in [5.74, 6) is -0.626. The van der Waals surface area contributed by atoms with E-state index in [2.05, 4.69) is 27.4 Å². The number of carbonyl (C=O) groups is 2. The summed E-state index contributed by atoms with van der Waals surface area (Å²) in [4.78, 5) is 24.5. The van der Waals surface area contributed by atoms with Gasteiger partial charge in [-0.2, -0.15) is 0 Å². The maximum Gasteiger partial charge on any atom is 0.251 e. The van der Waals surface area contributed by atoms with Crippen molar-refractivity contribution >= 4 is 40.9 Å². The molecular formula is C21H19ClFN5O2S. The number of allylic oxidation sites excluding steroid dienone is 1. The summed E-state index contributed by atoms with van der Waals surface area (Å²) in [7, 11) is 0. The average molecular weight is 460 g/mol. The van der Waals surface area contributed by atoms with Gasteiger partial charge in [0, 0.05) is 17.1 Å². The van der Waals surface area contributed by atoms with Gasteiger partial charge in [0.25, 0.3) is 5.91 Å². The molecule has 0 aliphatic carbocycles. The minimum Gasteiger partial charge on any atom is -0.345 e. The first-order valence-corrected chi connectivity index (χ1v) is 10.6. The molecule has 2 aromatic carbocycles. The number of hydrogen-bond donors (Lipinski definition) is 2. The van der Waals surface area contributed by atoms with Gasteiger partial charge >= 0.3 is 0 Å². The van der Waals surface area contributed by atoms with Crippen LogP contribution in [-0.4, -0.2) is 32.3 Å². The van der Waals surface area contributed by atoms with Crippen LogP contribution in [0.15, 0.2) is 66.3 Å². The third-order valence-electron chi connectivity index (χ3n) is 4.10. The molecule has 1 aromatic heterocycles. The highest BCUT2D eigenvalue weighted by Crippen LogP contribution is 2.19. The number of aromatic nitrogens is 3. The molecule has 0 aliphatic heterocycles. The number of halogens is 2. The van der Waals surface area contributed by atoms with Crippen LogP contribution in [0.3, 0.4) is 0 Å². The van der Waals surface area contributed by atoms with Crippen LogP contribution in [0, 0.1) is 5.82 Å². The number of hydrogen-bond acceptors (Lipinski definition) is 5. The predicted octanol–water partition coefficient (Wildman–Crippen LogP) is 3.92. The Hall–Kier alpha value is -3.17. The minimum atomic E-state index is -0.505. The van der Waals surface area contributed by atoms with Crippen LogP contribution < -0.4 is 10.6 Å². The van der Waals surface area contributed by atoms with E-state index in [0.29, 0.717) is 28.1 Å². The zero-order chi connectivity index (χ0) is 22.2. The Labute approximate surface area is 187 Å². The maximum absolute atomic E-state index is 13.7. The van der Waals surface area contributed by atoms with Gasteiger partial charge in [0.1, 0.15) is 5.82 Å². The topological polar surface area (TPSA) is 88.9 Å². The smallest absolute Gasteiger partial charge is 0.251 e. The van der Waals surface area contributed by atoms with Gasteiger partial charge in [0.15, 0.2) is 11.0 Å². The van der Waals surface area contributed by atoms with E-state index in [0.717, 1.165) is 11.8 Å². The lowest BCUT2D eigenvalue weighted by Crippen LogP contribution is -2.24. The van der Waals surface area contributed by atoms with Crippen molar-refractivity contribution in [3.8, 4) is 0 Å². The van der Waals surface area contributed by atoms with Crippen molar-refractivity contribution < 1.29 is 14.0 Å². The fourth-order valence-corrected chi connectivity index (χ4v) is 3.50. The average Bonchev–Trinajstić information content (AvgIpc) is 3.14. The van der Waals surface area contributed by atoms with E-state index in [1.54, 1.807) is 47.0 Å². The third kappa shape index (κ3) is 6.16. The molecule has 0 radical (unpaired) electrons. The second-order valence-corrected chi connectivity index (χ2v) is 7.68. The summed E-state index contributed by atoms with van der Waals surface area (Å²) in [5, 5.41) is 14.5. The number of anilines is 1. The minimum absolute atomic E-state index is 0.0146. The number of benzene rings is 2. The monoisotopic (exact) mass is 459 g/mol. The molecule has 3 aromatic rings. The quantitative estimate of drug-likeness (QED) is 0.374. The van der Waals surface area contributed by atoms with Gasteiger partial charge in [-0.05, 0) is 36.4 Å². The fraction of sp³-hybridized carbons (Fsp3) is 0.143. The third-order valence-corrected chi connectivity index (χ3v) is 5.32. The molecule has 31 heavy (non-hydrogen) atoms. The highest BCUT2D eigenvalue weighted by molar-refractivity contribution is 7.99. The molecule has 0 saturated carbocycles. The number of nitrogens with zero attached hydrogens (tertiary/aromatic N) is 3. The number of carbonyl (C=O) groups excluding carboxylic acids is 2. The summed E-state index contributed by atoms with van der Waals surface area (Å²) >= 11 is 6.99. The van der Waals surface area contributed by atoms with Crippen LogP contribution in [-0.2, 0) is 17.9 Å². The molecule has 0 spiro atoms. The van der Waals surface area contributed by atoms with Crippen molar-refractivity contribution in [2.75, 3.05) is 11.1 Å². The van der Waals surface area contributed by atoms with Gasteiger partial charge in [-0.25, -0.2) is 4.39 Å². The van der Waals surface area contributed by atoms with Gasteiger partial charge in [0.05, 0.1) is 18.0 Å². The summed E-state index contributed by atoms with van der Waals surface area (Å²) in [6, 6.07) is 12.5. The molecule has 0 atom stereocenters. The Morgan fingerprint density at radius 2 is 1.90 bits per heavy atom. The summed E-state index contributed by atoms with van der Waals surface area (Å²) in [5.41, 5.74) is 0.588. The molecule has 0 fully saturated rings. The molecule has 0 saturated heterocycles. The fourth-order valence-electron chi connectivity index (χ4n) is 2.61. The van der Waals surface area contributed by atoms with E-state index in [9.17, 15) is 14.0 Å². The zero-order valence-corrected chi connectivity index (χ0v) is 17.9.